The molecule has 1 fully saturated rings. The SMILES string of the molecule is Cc1cc([C@@H](C)Nc2ccccc2C(=O)OC(C)(C)C)c2oc(N3CCC(F)(F)CC3)c(I)c(=O)c2c1. The van der Waals surface area contributed by atoms with E-state index in [2.05, 4.69) is 5.32 Å². The van der Waals surface area contributed by atoms with Gasteiger partial charge in [0.2, 0.25) is 11.3 Å². The Hall–Kier alpha value is -2.69. The number of nitrogens with one attached hydrogen (secondary N) is 1. The predicted molar refractivity (Wildman–Crippen MR) is 150 cm³/mol. The Morgan fingerprint density at radius 1 is 1.19 bits per heavy atom. The second-order valence-electron chi connectivity index (χ2n) is 10.5. The van der Waals surface area contributed by atoms with Crippen LogP contribution in [-0.4, -0.2) is 30.6 Å². The number of alkyl halides is 2. The topological polar surface area (TPSA) is 71.8 Å². The lowest BCUT2D eigenvalue weighted by Crippen LogP contribution is -2.40. The standard InChI is InChI=1S/C28H31F2IN2O4/c1-16-14-19(17(2)32-21-9-7-6-8-18(21)26(35)37-27(3,4)5)24-20(15-16)23(34)22(31)25(36-24)33-12-10-28(29,30)11-13-33/h6-9,14-15,17,32H,10-13H2,1-5H3/t17-/m1/s1. The summed E-state index contributed by atoms with van der Waals surface area (Å²) in [6.45, 7) is 9.47. The van der Waals surface area contributed by atoms with Crippen molar-refractivity contribution in [2.45, 2.75) is 65.0 Å². The van der Waals surface area contributed by atoms with Gasteiger partial charge in [-0.15, -0.1) is 0 Å². The number of aryl methyl sites for hydroxylation is 1. The quantitative estimate of drug-likeness (QED) is 0.242. The number of anilines is 2. The van der Waals surface area contributed by atoms with Gasteiger partial charge in [0, 0.05) is 37.2 Å². The van der Waals surface area contributed by atoms with Crippen LogP contribution in [0.15, 0.2) is 45.6 Å². The monoisotopic (exact) mass is 624 g/mol. The highest BCUT2D eigenvalue weighted by atomic mass is 127. The highest BCUT2D eigenvalue weighted by molar-refractivity contribution is 14.1. The first-order chi connectivity index (χ1) is 17.3. The van der Waals surface area contributed by atoms with Crippen LogP contribution >= 0.6 is 22.6 Å². The third-order valence-electron chi connectivity index (χ3n) is 6.26. The van der Waals surface area contributed by atoms with Crippen LogP contribution in [0.4, 0.5) is 20.4 Å². The molecule has 1 atom stereocenters. The van der Waals surface area contributed by atoms with Crippen molar-refractivity contribution in [3.63, 3.8) is 0 Å². The molecule has 1 aliphatic rings. The van der Waals surface area contributed by atoms with Gasteiger partial charge in [0.25, 0.3) is 5.92 Å². The van der Waals surface area contributed by atoms with Gasteiger partial charge in [-0.2, -0.15) is 0 Å². The maximum atomic E-state index is 13.8. The summed E-state index contributed by atoms with van der Waals surface area (Å²) in [5.41, 5.74) is 2.16. The number of para-hydroxylation sites is 1. The largest absolute Gasteiger partial charge is 0.456 e. The van der Waals surface area contributed by atoms with E-state index in [-0.39, 0.29) is 37.4 Å². The molecule has 1 saturated heterocycles. The normalized spacial score (nSPS) is 16.5. The number of ether oxygens (including phenoxy) is 1. The average molecular weight is 624 g/mol. The van der Waals surface area contributed by atoms with Crippen LogP contribution in [0.5, 0.6) is 0 Å². The Bertz CT molecular complexity index is 1390. The summed E-state index contributed by atoms with van der Waals surface area (Å²) in [7, 11) is 0. The van der Waals surface area contributed by atoms with E-state index in [0.717, 1.165) is 11.1 Å². The zero-order valence-corrected chi connectivity index (χ0v) is 23.7. The zero-order valence-electron chi connectivity index (χ0n) is 21.6. The smallest absolute Gasteiger partial charge is 0.340 e. The van der Waals surface area contributed by atoms with Crippen LogP contribution in [0.1, 0.15) is 68.1 Å². The molecule has 0 bridgehead atoms. The van der Waals surface area contributed by atoms with Crippen molar-refractivity contribution in [2.24, 2.45) is 0 Å². The Morgan fingerprint density at radius 3 is 2.49 bits per heavy atom. The molecule has 0 unspecified atom stereocenters. The Balaban J connectivity index is 1.74. The first-order valence-electron chi connectivity index (χ1n) is 12.2. The summed E-state index contributed by atoms with van der Waals surface area (Å²) >= 11 is 1.94. The van der Waals surface area contributed by atoms with E-state index in [1.54, 1.807) is 29.2 Å². The summed E-state index contributed by atoms with van der Waals surface area (Å²) < 4.78 is 39.8. The van der Waals surface area contributed by atoms with E-state index in [1.807, 2.05) is 69.3 Å². The fourth-order valence-electron chi connectivity index (χ4n) is 4.43. The van der Waals surface area contributed by atoms with Gasteiger partial charge >= 0.3 is 5.97 Å². The zero-order chi connectivity index (χ0) is 27.1. The third-order valence-corrected chi connectivity index (χ3v) is 7.21. The van der Waals surface area contributed by atoms with Crippen molar-refractivity contribution in [2.75, 3.05) is 23.3 Å². The molecule has 0 amide bonds. The van der Waals surface area contributed by atoms with E-state index in [0.29, 0.717) is 31.7 Å². The van der Waals surface area contributed by atoms with Gasteiger partial charge in [0.05, 0.1) is 17.0 Å². The molecule has 2 heterocycles. The molecule has 0 spiro atoms. The van der Waals surface area contributed by atoms with Crippen molar-refractivity contribution in [3.05, 3.63) is 66.9 Å². The molecule has 0 saturated carbocycles. The number of benzene rings is 2. The second kappa shape index (κ2) is 10.2. The van der Waals surface area contributed by atoms with E-state index in [9.17, 15) is 18.4 Å². The van der Waals surface area contributed by atoms with Gasteiger partial charge in [-0.25, -0.2) is 13.6 Å². The molecule has 1 aromatic heterocycles. The first kappa shape index (κ1) is 27.3. The number of rotatable bonds is 5. The number of esters is 1. The lowest BCUT2D eigenvalue weighted by Gasteiger charge is -2.32. The first-order valence-corrected chi connectivity index (χ1v) is 13.3. The van der Waals surface area contributed by atoms with Crippen molar-refractivity contribution in [1.82, 2.24) is 0 Å². The number of hydrogen-bond acceptors (Lipinski definition) is 6. The highest BCUT2D eigenvalue weighted by Gasteiger charge is 2.36. The van der Waals surface area contributed by atoms with Gasteiger partial charge < -0.3 is 19.4 Å². The molecule has 4 rings (SSSR count). The number of hydrogen-bond donors (Lipinski definition) is 1. The molecule has 1 N–H and O–H groups in total. The molecule has 0 aliphatic carbocycles. The fourth-order valence-corrected chi connectivity index (χ4v) is 5.18. The van der Waals surface area contributed by atoms with Gasteiger partial charge in [0.15, 0.2) is 0 Å². The van der Waals surface area contributed by atoms with Crippen molar-refractivity contribution >= 4 is 51.1 Å². The summed E-state index contributed by atoms with van der Waals surface area (Å²) in [4.78, 5) is 27.9. The summed E-state index contributed by atoms with van der Waals surface area (Å²) in [5.74, 6) is -2.83. The summed E-state index contributed by atoms with van der Waals surface area (Å²) in [6.07, 6.45) is -0.573. The number of carbonyl (C=O) groups is 1. The minimum Gasteiger partial charge on any atom is -0.456 e. The van der Waals surface area contributed by atoms with E-state index in [1.165, 1.54) is 0 Å². The maximum Gasteiger partial charge on any atom is 0.340 e. The predicted octanol–water partition coefficient (Wildman–Crippen LogP) is 7.07. The van der Waals surface area contributed by atoms with Gasteiger partial charge in [-0.3, -0.25) is 4.79 Å². The Morgan fingerprint density at radius 2 is 1.84 bits per heavy atom. The summed E-state index contributed by atoms with van der Waals surface area (Å²) in [5, 5.41) is 3.81. The highest BCUT2D eigenvalue weighted by Crippen LogP contribution is 2.36. The lowest BCUT2D eigenvalue weighted by atomic mass is 10.0. The van der Waals surface area contributed by atoms with Crippen LogP contribution in [0.3, 0.4) is 0 Å². The van der Waals surface area contributed by atoms with Crippen LogP contribution in [0.25, 0.3) is 11.0 Å². The van der Waals surface area contributed by atoms with Gasteiger partial charge in [-0.05, 0) is 81.0 Å². The summed E-state index contributed by atoms with van der Waals surface area (Å²) in [6, 6.07) is 10.4. The molecule has 0 radical (unpaired) electrons. The Labute approximate surface area is 228 Å². The molecule has 6 nitrogen and oxygen atoms in total. The number of fused-ring (bicyclic) bond motifs is 1. The molecule has 198 valence electrons. The number of halogens is 3. The molecule has 3 aromatic rings. The van der Waals surface area contributed by atoms with E-state index in [4.69, 9.17) is 9.15 Å². The minimum absolute atomic E-state index is 0.107. The third kappa shape index (κ3) is 6.08. The average Bonchev–Trinajstić information content (AvgIpc) is 2.80. The molecular formula is C28H31F2IN2O4. The van der Waals surface area contributed by atoms with Gasteiger partial charge in [0.1, 0.15) is 14.8 Å². The van der Waals surface area contributed by atoms with Crippen LogP contribution in [0.2, 0.25) is 0 Å². The minimum atomic E-state index is -2.71. The van der Waals surface area contributed by atoms with Crippen molar-refractivity contribution < 1.29 is 22.7 Å². The lowest BCUT2D eigenvalue weighted by molar-refractivity contribution is -0.0225. The van der Waals surface area contributed by atoms with E-state index < -0.39 is 17.5 Å². The van der Waals surface area contributed by atoms with Crippen molar-refractivity contribution in [3.8, 4) is 0 Å². The van der Waals surface area contributed by atoms with Gasteiger partial charge in [-0.1, -0.05) is 18.2 Å². The number of nitrogens with zero attached hydrogens (tertiary/aromatic N) is 1. The number of carbonyl (C=O) groups excluding carboxylic acids is 1. The van der Waals surface area contributed by atoms with Crippen LogP contribution < -0.4 is 15.6 Å². The molecule has 9 heteroatoms. The molecule has 2 aromatic carbocycles. The molecule has 37 heavy (non-hydrogen) atoms. The second-order valence-corrected chi connectivity index (χ2v) is 11.6. The molecule has 1 aliphatic heterocycles. The van der Waals surface area contributed by atoms with Crippen molar-refractivity contribution in [1.29, 1.82) is 0 Å². The van der Waals surface area contributed by atoms with Crippen LogP contribution in [-0.2, 0) is 4.74 Å². The van der Waals surface area contributed by atoms with Crippen LogP contribution in [0, 0.1) is 10.5 Å². The molecular weight excluding hydrogens is 593 g/mol. The Kier molecular flexibility index (Phi) is 7.56. The maximum absolute atomic E-state index is 13.8. The van der Waals surface area contributed by atoms with E-state index >= 15 is 0 Å². The fraction of sp³-hybridized carbons (Fsp3) is 0.429. The number of piperidine rings is 1.